The van der Waals surface area contributed by atoms with Crippen LogP contribution in [0, 0.1) is 5.92 Å². The van der Waals surface area contributed by atoms with Gasteiger partial charge in [-0.25, -0.2) is 0 Å². The van der Waals surface area contributed by atoms with E-state index in [0.717, 1.165) is 31.7 Å². The lowest BCUT2D eigenvalue weighted by molar-refractivity contribution is -0.118. The standard InChI is InChI=1S/C16H23N3O.ClH/c1-11-8-19(10-14(11)17)9-12-3-5-15-13(7-12)4-6-16(20)18(15)2;/h3,5,7,11,14H,4,6,8-10,17H2,1-2H3;1H. The van der Waals surface area contributed by atoms with Gasteiger partial charge in [0.05, 0.1) is 0 Å². The van der Waals surface area contributed by atoms with Crippen LogP contribution in [0.3, 0.4) is 0 Å². The maximum absolute atomic E-state index is 11.7. The molecule has 2 atom stereocenters. The molecule has 2 aliphatic rings. The molecule has 3 rings (SSSR count). The summed E-state index contributed by atoms with van der Waals surface area (Å²) in [5, 5.41) is 0. The van der Waals surface area contributed by atoms with Gasteiger partial charge in [-0.3, -0.25) is 9.69 Å². The van der Waals surface area contributed by atoms with Gasteiger partial charge in [-0.05, 0) is 29.5 Å². The van der Waals surface area contributed by atoms with Crippen LogP contribution in [0.2, 0.25) is 0 Å². The summed E-state index contributed by atoms with van der Waals surface area (Å²) in [4.78, 5) is 15.9. The molecule has 2 unspecified atom stereocenters. The number of nitrogens with two attached hydrogens (primary N) is 1. The van der Waals surface area contributed by atoms with Crippen molar-refractivity contribution in [1.82, 2.24) is 4.90 Å². The number of carbonyl (C=O) groups is 1. The lowest BCUT2D eigenvalue weighted by Gasteiger charge is -2.26. The average Bonchev–Trinajstić information content (AvgIpc) is 2.73. The van der Waals surface area contributed by atoms with Crippen LogP contribution in [0.4, 0.5) is 5.69 Å². The van der Waals surface area contributed by atoms with Crippen LogP contribution in [0.1, 0.15) is 24.5 Å². The van der Waals surface area contributed by atoms with E-state index >= 15 is 0 Å². The van der Waals surface area contributed by atoms with Crippen molar-refractivity contribution in [1.29, 1.82) is 0 Å². The Morgan fingerprint density at radius 3 is 2.71 bits per heavy atom. The van der Waals surface area contributed by atoms with Gasteiger partial charge in [-0.15, -0.1) is 12.4 Å². The molecule has 1 aromatic rings. The summed E-state index contributed by atoms with van der Waals surface area (Å²) < 4.78 is 0. The zero-order valence-electron chi connectivity index (χ0n) is 12.7. The third kappa shape index (κ3) is 3.23. The molecule has 21 heavy (non-hydrogen) atoms. The molecule has 0 aliphatic carbocycles. The molecule has 0 spiro atoms. The van der Waals surface area contributed by atoms with Crippen LogP contribution < -0.4 is 10.6 Å². The number of rotatable bonds is 2. The number of likely N-dealkylation sites (tertiary alicyclic amines) is 1. The molecular formula is C16H24ClN3O. The highest BCUT2D eigenvalue weighted by Crippen LogP contribution is 2.28. The van der Waals surface area contributed by atoms with E-state index in [0.29, 0.717) is 18.4 Å². The number of nitrogens with zero attached hydrogens (tertiary/aromatic N) is 2. The van der Waals surface area contributed by atoms with Crippen LogP contribution in [0.5, 0.6) is 0 Å². The Labute approximate surface area is 132 Å². The fourth-order valence-corrected chi connectivity index (χ4v) is 3.29. The van der Waals surface area contributed by atoms with Crippen molar-refractivity contribution < 1.29 is 4.79 Å². The third-order valence-electron chi connectivity index (χ3n) is 4.64. The van der Waals surface area contributed by atoms with Crippen molar-refractivity contribution in [2.75, 3.05) is 25.0 Å². The largest absolute Gasteiger partial charge is 0.326 e. The fraction of sp³-hybridized carbons (Fsp3) is 0.562. The minimum Gasteiger partial charge on any atom is -0.326 e. The summed E-state index contributed by atoms with van der Waals surface area (Å²) in [7, 11) is 1.86. The Hall–Kier alpha value is -1.10. The van der Waals surface area contributed by atoms with Gasteiger partial charge in [0.25, 0.3) is 0 Å². The van der Waals surface area contributed by atoms with Gasteiger partial charge < -0.3 is 10.6 Å². The number of halogens is 1. The molecule has 2 heterocycles. The molecule has 116 valence electrons. The van der Waals surface area contributed by atoms with E-state index in [1.165, 1.54) is 11.1 Å². The summed E-state index contributed by atoms with van der Waals surface area (Å²) in [6.45, 7) is 5.24. The van der Waals surface area contributed by atoms with Crippen molar-refractivity contribution in [3.63, 3.8) is 0 Å². The van der Waals surface area contributed by atoms with E-state index in [9.17, 15) is 4.79 Å². The zero-order valence-corrected chi connectivity index (χ0v) is 13.5. The predicted octanol–water partition coefficient (Wildman–Crippen LogP) is 1.80. The molecule has 1 fully saturated rings. The van der Waals surface area contributed by atoms with Gasteiger partial charge in [0.2, 0.25) is 5.91 Å². The van der Waals surface area contributed by atoms with Crippen molar-refractivity contribution >= 4 is 24.0 Å². The Kier molecular flexibility index (Phi) is 4.91. The molecule has 1 saturated heterocycles. The average molecular weight is 310 g/mol. The number of carbonyl (C=O) groups excluding carboxylic acids is 1. The molecule has 4 nitrogen and oxygen atoms in total. The first kappa shape index (κ1) is 16.3. The van der Waals surface area contributed by atoms with E-state index in [1.54, 1.807) is 4.90 Å². The normalized spacial score (nSPS) is 25.7. The van der Waals surface area contributed by atoms with Gasteiger partial charge in [0.15, 0.2) is 0 Å². The Morgan fingerprint density at radius 1 is 1.29 bits per heavy atom. The van der Waals surface area contributed by atoms with E-state index in [2.05, 4.69) is 30.0 Å². The maximum Gasteiger partial charge on any atom is 0.227 e. The van der Waals surface area contributed by atoms with Crippen molar-refractivity contribution in [3.05, 3.63) is 29.3 Å². The highest BCUT2D eigenvalue weighted by Gasteiger charge is 2.27. The van der Waals surface area contributed by atoms with E-state index in [1.807, 2.05) is 7.05 Å². The van der Waals surface area contributed by atoms with Gasteiger partial charge >= 0.3 is 0 Å². The molecule has 1 aromatic carbocycles. The highest BCUT2D eigenvalue weighted by atomic mass is 35.5. The van der Waals surface area contributed by atoms with Gasteiger partial charge in [-0.1, -0.05) is 19.1 Å². The van der Waals surface area contributed by atoms with E-state index in [4.69, 9.17) is 5.73 Å². The topological polar surface area (TPSA) is 49.6 Å². The summed E-state index contributed by atoms with van der Waals surface area (Å²) in [6.07, 6.45) is 1.49. The first-order valence-corrected chi connectivity index (χ1v) is 7.41. The van der Waals surface area contributed by atoms with Crippen LogP contribution >= 0.6 is 12.4 Å². The first-order chi connectivity index (χ1) is 9.54. The van der Waals surface area contributed by atoms with E-state index in [-0.39, 0.29) is 18.3 Å². The Morgan fingerprint density at radius 2 is 2.05 bits per heavy atom. The number of hydrogen-bond acceptors (Lipinski definition) is 3. The van der Waals surface area contributed by atoms with Crippen LogP contribution in [0.15, 0.2) is 18.2 Å². The molecule has 1 amide bonds. The quantitative estimate of drug-likeness (QED) is 0.906. The summed E-state index contributed by atoms with van der Waals surface area (Å²) in [5.74, 6) is 0.793. The number of hydrogen-bond donors (Lipinski definition) is 1. The third-order valence-corrected chi connectivity index (χ3v) is 4.64. The Balaban J connectivity index is 0.00000161. The second-order valence-corrected chi connectivity index (χ2v) is 6.25. The monoisotopic (exact) mass is 309 g/mol. The predicted molar refractivity (Wildman–Crippen MR) is 87.8 cm³/mol. The summed E-state index contributed by atoms with van der Waals surface area (Å²) in [6, 6.07) is 6.78. The zero-order chi connectivity index (χ0) is 14.3. The molecule has 2 aliphatic heterocycles. The lowest BCUT2D eigenvalue weighted by Crippen LogP contribution is -2.31. The number of fused-ring (bicyclic) bond motifs is 1. The maximum atomic E-state index is 11.7. The van der Waals surface area contributed by atoms with Gasteiger partial charge in [0.1, 0.15) is 0 Å². The molecule has 0 aromatic heterocycles. The number of amides is 1. The minimum atomic E-state index is 0. The first-order valence-electron chi connectivity index (χ1n) is 7.41. The number of aryl methyl sites for hydroxylation is 1. The number of anilines is 1. The fourth-order valence-electron chi connectivity index (χ4n) is 3.29. The van der Waals surface area contributed by atoms with Gasteiger partial charge in [-0.2, -0.15) is 0 Å². The molecule has 0 radical (unpaired) electrons. The summed E-state index contributed by atoms with van der Waals surface area (Å²) >= 11 is 0. The van der Waals surface area contributed by atoms with Crippen molar-refractivity contribution in [2.24, 2.45) is 11.7 Å². The second kappa shape index (κ2) is 6.34. The van der Waals surface area contributed by atoms with Crippen molar-refractivity contribution in [2.45, 2.75) is 32.4 Å². The van der Waals surface area contributed by atoms with Crippen LogP contribution in [-0.4, -0.2) is 37.0 Å². The van der Waals surface area contributed by atoms with E-state index < -0.39 is 0 Å². The van der Waals surface area contributed by atoms with Crippen LogP contribution in [-0.2, 0) is 17.8 Å². The summed E-state index contributed by atoms with van der Waals surface area (Å²) in [5.41, 5.74) is 9.77. The second-order valence-electron chi connectivity index (χ2n) is 6.25. The highest BCUT2D eigenvalue weighted by molar-refractivity contribution is 5.95. The SMILES string of the molecule is CC1CN(Cc2ccc3c(c2)CCC(=O)N3C)CC1N.Cl. The molecular weight excluding hydrogens is 286 g/mol. The molecule has 0 saturated carbocycles. The molecule has 0 bridgehead atoms. The van der Waals surface area contributed by atoms with Gasteiger partial charge in [0, 0.05) is 44.8 Å². The molecule has 5 heteroatoms. The van der Waals surface area contributed by atoms with Crippen molar-refractivity contribution in [3.8, 4) is 0 Å². The minimum absolute atomic E-state index is 0. The smallest absolute Gasteiger partial charge is 0.227 e. The lowest BCUT2D eigenvalue weighted by atomic mass is 9.99. The number of benzene rings is 1. The van der Waals surface area contributed by atoms with Crippen LogP contribution in [0.25, 0.3) is 0 Å². The Bertz CT molecular complexity index is 524. The molecule has 2 N–H and O–H groups in total.